The van der Waals surface area contributed by atoms with Crippen LogP contribution in [0.3, 0.4) is 0 Å². The van der Waals surface area contributed by atoms with E-state index in [4.69, 9.17) is 9.47 Å². The lowest BCUT2D eigenvalue weighted by atomic mass is 9.84. The standard InChI is InChI=1S/C23H25NO3/c1-5-12-23(2,3)18-8-11-20-21(15-18)27-14-13-24(22(20)25)16-17-6-9-19(26-4)10-7-17/h6-12,15H,1,13-14,16H2,2-4H3. The van der Waals surface area contributed by atoms with Crippen molar-refractivity contribution in [3.05, 3.63) is 77.5 Å². The van der Waals surface area contributed by atoms with Crippen LogP contribution in [0.2, 0.25) is 0 Å². The third kappa shape index (κ3) is 4.07. The van der Waals surface area contributed by atoms with Gasteiger partial charge in [-0.15, -0.1) is 5.73 Å². The van der Waals surface area contributed by atoms with Crippen molar-refractivity contribution in [1.29, 1.82) is 0 Å². The van der Waals surface area contributed by atoms with Gasteiger partial charge >= 0.3 is 0 Å². The van der Waals surface area contributed by atoms with Crippen LogP contribution in [-0.4, -0.2) is 31.1 Å². The first-order valence-corrected chi connectivity index (χ1v) is 9.01. The first kappa shape index (κ1) is 18.8. The molecule has 140 valence electrons. The fourth-order valence-corrected chi connectivity index (χ4v) is 3.20. The Bertz CT molecular complexity index is 877. The van der Waals surface area contributed by atoms with Gasteiger partial charge in [-0.2, -0.15) is 0 Å². The maximum atomic E-state index is 13.0. The van der Waals surface area contributed by atoms with Crippen molar-refractivity contribution in [3.8, 4) is 11.5 Å². The fourth-order valence-electron chi connectivity index (χ4n) is 3.20. The van der Waals surface area contributed by atoms with Gasteiger partial charge in [0.15, 0.2) is 0 Å². The molecule has 4 nitrogen and oxygen atoms in total. The predicted octanol–water partition coefficient (Wildman–Crippen LogP) is 4.35. The van der Waals surface area contributed by atoms with Gasteiger partial charge in [0.05, 0.1) is 19.2 Å². The molecule has 1 aliphatic rings. The van der Waals surface area contributed by atoms with E-state index in [0.717, 1.165) is 16.9 Å². The smallest absolute Gasteiger partial charge is 0.258 e. The molecule has 0 aliphatic carbocycles. The van der Waals surface area contributed by atoms with Gasteiger partial charge in [-0.25, -0.2) is 0 Å². The second kappa shape index (κ2) is 7.73. The number of methoxy groups -OCH3 is 1. The lowest BCUT2D eigenvalue weighted by molar-refractivity contribution is 0.0743. The zero-order valence-corrected chi connectivity index (χ0v) is 16.1. The number of hydrogen-bond donors (Lipinski definition) is 0. The molecule has 0 bridgehead atoms. The number of rotatable bonds is 5. The number of carbonyl (C=O) groups is 1. The van der Waals surface area contributed by atoms with E-state index in [1.54, 1.807) is 7.11 Å². The number of fused-ring (bicyclic) bond motifs is 1. The molecule has 1 amide bonds. The van der Waals surface area contributed by atoms with Crippen molar-refractivity contribution in [2.45, 2.75) is 25.8 Å². The highest BCUT2D eigenvalue weighted by atomic mass is 16.5. The predicted molar refractivity (Wildman–Crippen MR) is 106 cm³/mol. The second-order valence-corrected chi connectivity index (χ2v) is 7.20. The average molecular weight is 363 g/mol. The molecular weight excluding hydrogens is 338 g/mol. The summed E-state index contributed by atoms with van der Waals surface area (Å²) >= 11 is 0. The zero-order valence-electron chi connectivity index (χ0n) is 16.1. The molecule has 0 aromatic heterocycles. The van der Waals surface area contributed by atoms with Gasteiger partial charge in [0, 0.05) is 12.0 Å². The molecule has 0 spiro atoms. The van der Waals surface area contributed by atoms with Crippen LogP contribution in [0.25, 0.3) is 0 Å². The molecule has 0 atom stereocenters. The third-order valence-corrected chi connectivity index (χ3v) is 4.86. The summed E-state index contributed by atoms with van der Waals surface area (Å²) in [6, 6.07) is 13.6. The minimum absolute atomic E-state index is 0.0121. The van der Waals surface area contributed by atoms with E-state index in [9.17, 15) is 4.79 Å². The summed E-state index contributed by atoms with van der Waals surface area (Å²) in [5, 5.41) is 0. The summed E-state index contributed by atoms with van der Waals surface area (Å²) < 4.78 is 11.1. The average Bonchev–Trinajstić information content (AvgIpc) is 2.81. The Kier molecular flexibility index (Phi) is 5.38. The Hall–Kier alpha value is -2.97. The first-order valence-electron chi connectivity index (χ1n) is 9.01. The van der Waals surface area contributed by atoms with Crippen LogP contribution < -0.4 is 9.47 Å². The van der Waals surface area contributed by atoms with E-state index in [0.29, 0.717) is 31.0 Å². The van der Waals surface area contributed by atoms with Crippen molar-refractivity contribution in [1.82, 2.24) is 4.90 Å². The van der Waals surface area contributed by atoms with Crippen LogP contribution in [0, 0.1) is 0 Å². The highest BCUT2D eigenvalue weighted by Crippen LogP contribution is 2.32. The molecule has 0 radical (unpaired) electrons. The topological polar surface area (TPSA) is 38.8 Å². The number of amides is 1. The van der Waals surface area contributed by atoms with Gasteiger partial charge < -0.3 is 14.4 Å². The number of carbonyl (C=O) groups excluding carboxylic acids is 1. The van der Waals surface area contributed by atoms with Gasteiger partial charge in [-0.05, 0) is 41.5 Å². The number of nitrogens with zero attached hydrogens (tertiary/aromatic N) is 1. The van der Waals surface area contributed by atoms with Crippen molar-refractivity contribution < 1.29 is 14.3 Å². The number of hydrogen-bond acceptors (Lipinski definition) is 3. The monoisotopic (exact) mass is 363 g/mol. The fraction of sp³-hybridized carbons (Fsp3) is 0.304. The Morgan fingerprint density at radius 2 is 2.00 bits per heavy atom. The Morgan fingerprint density at radius 1 is 1.26 bits per heavy atom. The molecule has 3 rings (SSSR count). The molecule has 27 heavy (non-hydrogen) atoms. The van der Waals surface area contributed by atoms with Gasteiger partial charge in [0.25, 0.3) is 5.91 Å². The maximum absolute atomic E-state index is 13.0. The minimum atomic E-state index is -0.224. The van der Waals surface area contributed by atoms with E-state index in [1.165, 1.54) is 0 Å². The van der Waals surface area contributed by atoms with E-state index in [1.807, 2.05) is 53.4 Å². The summed E-state index contributed by atoms with van der Waals surface area (Å²) in [6.07, 6.45) is 1.92. The molecule has 0 unspecified atom stereocenters. The lowest BCUT2D eigenvalue weighted by Gasteiger charge is -2.22. The number of allylic oxidation sites excluding steroid dienone is 1. The molecule has 2 aromatic carbocycles. The summed E-state index contributed by atoms with van der Waals surface area (Å²) in [7, 11) is 1.64. The van der Waals surface area contributed by atoms with Crippen LogP contribution >= 0.6 is 0 Å². The summed E-state index contributed by atoms with van der Waals surface area (Å²) in [5.41, 5.74) is 5.35. The van der Waals surface area contributed by atoms with E-state index < -0.39 is 0 Å². The molecule has 0 fully saturated rings. The van der Waals surface area contributed by atoms with E-state index >= 15 is 0 Å². The lowest BCUT2D eigenvalue weighted by Crippen LogP contribution is -2.31. The van der Waals surface area contributed by atoms with Gasteiger partial charge in [-0.3, -0.25) is 4.79 Å². The largest absolute Gasteiger partial charge is 0.497 e. The highest BCUT2D eigenvalue weighted by Gasteiger charge is 2.26. The normalized spacial score (nSPS) is 13.9. The molecule has 0 N–H and O–H groups in total. The van der Waals surface area contributed by atoms with Crippen molar-refractivity contribution in [3.63, 3.8) is 0 Å². The molecular formula is C23H25NO3. The Balaban J connectivity index is 1.85. The van der Waals surface area contributed by atoms with Gasteiger partial charge in [-0.1, -0.05) is 38.6 Å². The quantitative estimate of drug-likeness (QED) is 0.742. The highest BCUT2D eigenvalue weighted by molar-refractivity contribution is 5.97. The molecule has 0 saturated heterocycles. The zero-order chi connectivity index (χ0) is 19.4. The molecule has 0 saturated carbocycles. The summed E-state index contributed by atoms with van der Waals surface area (Å²) in [6.45, 7) is 9.39. The molecule has 4 heteroatoms. The van der Waals surface area contributed by atoms with Crippen LogP contribution in [-0.2, 0) is 12.0 Å². The first-order chi connectivity index (χ1) is 12.9. The SMILES string of the molecule is C=C=CC(C)(C)c1ccc2c(c1)OCCN(Cc1ccc(OC)cc1)C2=O. The van der Waals surface area contributed by atoms with Crippen molar-refractivity contribution in [2.24, 2.45) is 0 Å². The van der Waals surface area contributed by atoms with Crippen molar-refractivity contribution in [2.75, 3.05) is 20.3 Å². The van der Waals surface area contributed by atoms with E-state index in [-0.39, 0.29) is 11.3 Å². The molecule has 1 aliphatic heterocycles. The summed E-state index contributed by atoms with van der Waals surface area (Å²) in [4.78, 5) is 14.9. The second-order valence-electron chi connectivity index (χ2n) is 7.20. The maximum Gasteiger partial charge on any atom is 0.258 e. The van der Waals surface area contributed by atoms with Gasteiger partial charge in [0.2, 0.25) is 0 Å². The van der Waals surface area contributed by atoms with Crippen LogP contribution in [0.1, 0.15) is 35.3 Å². The van der Waals surface area contributed by atoms with Crippen molar-refractivity contribution >= 4 is 5.91 Å². The number of ether oxygens (including phenoxy) is 2. The molecule has 1 heterocycles. The van der Waals surface area contributed by atoms with E-state index in [2.05, 4.69) is 26.2 Å². The van der Waals surface area contributed by atoms with Crippen LogP contribution in [0.5, 0.6) is 11.5 Å². The third-order valence-electron chi connectivity index (χ3n) is 4.86. The molecule has 2 aromatic rings. The summed E-state index contributed by atoms with van der Waals surface area (Å²) in [5.74, 6) is 1.43. The Morgan fingerprint density at radius 3 is 2.67 bits per heavy atom. The van der Waals surface area contributed by atoms with Crippen LogP contribution in [0.15, 0.2) is 60.9 Å². The van der Waals surface area contributed by atoms with Gasteiger partial charge in [0.1, 0.15) is 18.1 Å². The Labute approximate surface area is 160 Å². The minimum Gasteiger partial charge on any atom is -0.497 e. The number of benzene rings is 2. The van der Waals surface area contributed by atoms with Crippen LogP contribution in [0.4, 0.5) is 0 Å².